The first-order valence-electron chi connectivity index (χ1n) is 5.01. The molecule has 5 heteroatoms. The van der Waals surface area contributed by atoms with Crippen LogP contribution in [0.4, 0.5) is 0 Å². The predicted octanol–water partition coefficient (Wildman–Crippen LogP) is 2.48. The molecule has 0 aliphatic rings. The van der Waals surface area contributed by atoms with Gasteiger partial charge in [-0.2, -0.15) is 0 Å². The fraction of sp³-hybridized carbons (Fsp3) is 0.364. The number of hydrogen-bond acceptors (Lipinski definition) is 4. The van der Waals surface area contributed by atoms with Crippen molar-refractivity contribution in [2.75, 3.05) is 12.9 Å². The average Bonchev–Trinajstić information content (AvgIpc) is 2.62. The number of nitrogens with zero attached hydrogens (tertiary/aromatic N) is 2. The van der Waals surface area contributed by atoms with Crippen LogP contribution >= 0.6 is 21.6 Å². The van der Waals surface area contributed by atoms with Crippen molar-refractivity contribution in [3.05, 3.63) is 24.0 Å². The summed E-state index contributed by atoms with van der Waals surface area (Å²) in [5, 5.41) is 9.05. The van der Waals surface area contributed by atoms with Crippen LogP contribution in [0.2, 0.25) is 0 Å². The van der Waals surface area contributed by atoms with Gasteiger partial charge < -0.3 is 9.67 Å². The maximum atomic E-state index is 9.05. The van der Waals surface area contributed by atoms with Crippen LogP contribution in [0, 0.1) is 0 Å². The lowest BCUT2D eigenvalue weighted by molar-refractivity contribution is 0.299. The van der Waals surface area contributed by atoms with Gasteiger partial charge in [0.1, 0.15) is 0 Å². The van der Waals surface area contributed by atoms with Crippen LogP contribution in [0.5, 0.6) is 0 Å². The largest absolute Gasteiger partial charge is 0.396 e. The van der Waals surface area contributed by atoms with Crippen LogP contribution in [0.15, 0.2) is 23.4 Å². The summed E-state index contributed by atoms with van der Waals surface area (Å²) in [6.45, 7) is 0.181. The second-order valence-electron chi connectivity index (χ2n) is 3.53. The van der Waals surface area contributed by atoms with Gasteiger partial charge in [0.2, 0.25) is 0 Å². The smallest absolute Gasteiger partial charge is 0.0955 e. The Morgan fingerprint density at radius 1 is 1.44 bits per heavy atom. The number of fused-ring (bicyclic) bond motifs is 1. The summed E-state index contributed by atoms with van der Waals surface area (Å²) in [4.78, 5) is 5.55. The van der Waals surface area contributed by atoms with E-state index in [2.05, 4.69) is 23.4 Å². The maximum Gasteiger partial charge on any atom is 0.0955 e. The van der Waals surface area contributed by atoms with Crippen molar-refractivity contribution < 1.29 is 5.11 Å². The van der Waals surface area contributed by atoms with Crippen molar-refractivity contribution in [3.63, 3.8) is 0 Å². The standard InChI is InChI=1S/C11H14N2OS2/c1-13-7-12-9-5-8(3-4-14)11(16-15-2)6-10(9)13/h5-7,14H,3-4H2,1-2H3. The third kappa shape index (κ3) is 2.21. The number of rotatable bonds is 4. The van der Waals surface area contributed by atoms with Crippen LogP contribution in [-0.2, 0) is 13.5 Å². The van der Waals surface area contributed by atoms with E-state index in [-0.39, 0.29) is 6.61 Å². The number of aryl methyl sites for hydroxylation is 1. The van der Waals surface area contributed by atoms with Gasteiger partial charge in [0.25, 0.3) is 0 Å². The first-order valence-corrected chi connectivity index (χ1v) is 7.57. The van der Waals surface area contributed by atoms with Crippen molar-refractivity contribution in [2.45, 2.75) is 11.3 Å². The lowest BCUT2D eigenvalue weighted by atomic mass is 10.1. The van der Waals surface area contributed by atoms with Gasteiger partial charge in [-0.25, -0.2) is 4.98 Å². The topological polar surface area (TPSA) is 38.1 Å². The van der Waals surface area contributed by atoms with Gasteiger partial charge in [0.15, 0.2) is 0 Å². The maximum absolute atomic E-state index is 9.05. The summed E-state index contributed by atoms with van der Waals surface area (Å²) in [6.07, 6.45) is 4.57. The normalized spacial score (nSPS) is 11.2. The van der Waals surface area contributed by atoms with E-state index in [9.17, 15) is 0 Å². The minimum absolute atomic E-state index is 0.181. The zero-order valence-electron chi connectivity index (χ0n) is 9.30. The third-order valence-corrected chi connectivity index (χ3v) is 4.23. The van der Waals surface area contributed by atoms with Crippen LogP contribution in [-0.4, -0.2) is 27.5 Å². The second kappa shape index (κ2) is 5.12. The summed E-state index contributed by atoms with van der Waals surface area (Å²) in [5.41, 5.74) is 3.31. The van der Waals surface area contributed by atoms with E-state index in [1.165, 1.54) is 10.5 Å². The fourth-order valence-electron chi connectivity index (χ4n) is 1.68. The Hall–Kier alpha value is -0.650. The molecule has 0 radical (unpaired) electrons. The highest BCUT2D eigenvalue weighted by Crippen LogP contribution is 2.34. The van der Waals surface area contributed by atoms with Crippen LogP contribution in [0.25, 0.3) is 11.0 Å². The van der Waals surface area contributed by atoms with Gasteiger partial charge in [-0.15, -0.1) is 0 Å². The molecule has 0 saturated heterocycles. The molecule has 1 N–H and O–H groups in total. The van der Waals surface area contributed by atoms with Crippen molar-refractivity contribution >= 4 is 32.6 Å². The van der Waals surface area contributed by atoms with Gasteiger partial charge in [0, 0.05) is 18.6 Å². The van der Waals surface area contributed by atoms with Gasteiger partial charge in [0.05, 0.1) is 17.4 Å². The molecular formula is C11H14N2OS2. The van der Waals surface area contributed by atoms with Crippen LogP contribution in [0.1, 0.15) is 5.56 Å². The molecule has 0 aliphatic heterocycles. The highest BCUT2D eigenvalue weighted by Gasteiger charge is 2.08. The second-order valence-corrected chi connectivity index (χ2v) is 5.97. The zero-order chi connectivity index (χ0) is 11.5. The Kier molecular flexibility index (Phi) is 3.78. The number of aliphatic hydroxyl groups is 1. The first-order chi connectivity index (χ1) is 7.76. The van der Waals surface area contributed by atoms with Gasteiger partial charge in [-0.05, 0) is 30.4 Å². The van der Waals surface area contributed by atoms with E-state index < -0.39 is 0 Å². The molecule has 0 bridgehead atoms. The van der Waals surface area contributed by atoms with E-state index >= 15 is 0 Å². The lowest BCUT2D eigenvalue weighted by Gasteiger charge is -2.07. The van der Waals surface area contributed by atoms with Crippen LogP contribution in [0.3, 0.4) is 0 Å². The van der Waals surface area contributed by atoms with Crippen molar-refractivity contribution in [1.29, 1.82) is 0 Å². The molecule has 0 atom stereocenters. The highest BCUT2D eigenvalue weighted by atomic mass is 33.1. The van der Waals surface area contributed by atoms with E-state index in [1.54, 1.807) is 21.6 Å². The van der Waals surface area contributed by atoms with Gasteiger partial charge in [-0.3, -0.25) is 0 Å². The number of benzene rings is 1. The summed E-state index contributed by atoms with van der Waals surface area (Å²) in [5.74, 6) is 0. The number of imidazole rings is 1. The third-order valence-electron chi connectivity index (χ3n) is 2.46. The molecule has 16 heavy (non-hydrogen) atoms. The molecule has 86 valence electrons. The zero-order valence-corrected chi connectivity index (χ0v) is 10.9. The molecule has 1 heterocycles. The Labute approximate surface area is 103 Å². The lowest BCUT2D eigenvalue weighted by Crippen LogP contribution is -1.94. The van der Waals surface area contributed by atoms with Crippen molar-refractivity contribution in [3.8, 4) is 0 Å². The Balaban J connectivity index is 2.53. The fourth-order valence-corrected chi connectivity index (χ4v) is 3.29. The molecule has 3 nitrogen and oxygen atoms in total. The molecule has 1 aromatic heterocycles. The molecule has 0 fully saturated rings. The van der Waals surface area contributed by atoms with Gasteiger partial charge >= 0.3 is 0 Å². The molecule has 0 spiro atoms. The molecule has 0 saturated carbocycles. The van der Waals surface area contributed by atoms with Crippen molar-refractivity contribution in [2.24, 2.45) is 7.05 Å². The number of aromatic nitrogens is 2. The minimum Gasteiger partial charge on any atom is -0.396 e. The SMILES string of the molecule is CSSc1cc2c(cc1CCO)ncn2C. The van der Waals surface area contributed by atoms with Gasteiger partial charge in [-0.1, -0.05) is 21.6 Å². The molecular weight excluding hydrogens is 240 g/mol. The number of hydrogen-bond donors (Lipinski definition) is 1. The first kappa shape index (κ1) is 11.8. The Bertz CT molecular complexity index is 496. The van der Waals surface area contributed by atoms with Crippen molar-refractivity contribution in [1.82, 2.24) is 9.55 Å². The van der Waals surface area contributed by atoms with Crippen LogP contribution < -0.4 is 0 Å². The predicted molar refractivity (Wildman–Crippen MR) is 70.9 cm³/mol. The molecule has 0 unspecified atom stereocenters. The monoisotopic (exact) mass is 254 g/mol. The molecule has 0 amide bonds. The summed E-state index contributed by atoms with van der Waals surface area (Å²) >= 11 is 0. The highest BCUT2D eigenvalue weighted by molar-refractivity contribution is 8.76. The van der Waals surface area contributed by atoms with E-state index in [1.807, 2.05) is 17.9 Å². The van der Waals surface area contributed by atoms with E-state index in [4.69, 9.17) is 5.11 Å². The average molecular weight is 254 g/mol. The Morgan fingerprint density at radius 2 is 2.25 bits per heavy atom. The Morgan fingerprint density at radius 3 is 2.94 bits per heavy atom. The summed E-state index contributed by atoms with van der Waals surface area (Å²) < 4.78 is 2.02. The summed E-state index contributed by atoms with van der Waals surface area (Å²) in [6, 6.07) is 4.22. The molecule has 0 aliphatic carbocycles. The quantitative estimate of drug-likeness (QED) is 0.851. The summed E-state index contributed by atoms with van der Waals surface area (Å²) in [7, 11) is 5.45. The van der Waals surface area contributed by atoms with E-state index in [0.29, 0.717) is 6.42 Å². The molecule has 2 aromatic rings. The minimum atomic E-state index is 0.181. The molecule has 2 rings (SSSR count). The van der Waals surface area contributed by atoms with E-state index in [0.717, 1.165) is 11.0 Å². The number of aliphatic hydroxyl groups excluding tert-OH is 1. The molecule has 1 aromatic carbocycles.